The molecule has 0 spiro atoms. The van der Waals surface area contributed by atoms with Crippen LogP contribution in [0.3, 0.4) is 0 Å². The van der Waals surface area contributed by atoms with Crippen molar-refractivity contribution in [1.29, 1.82) is 0 Å². The SMILES string of the molecule is COC(=O)c1ccc(S(=O)(=O)N2CCN(Cc3nc4ccccc4s3)CC2)cc1. The number of fused-ring (bicyclic) bond motifs is 1. The number of ether oxygens (including phenoxy) is 1. The summed E-state index contributed by atoms with van der Waals surface area (Å²) in [6.45, 7) is 2.86. The first-order chi connectivity index (χ1) is 14.0. The molecule has 152 valence electrons. The maximum Gasteiger partial charge on any atom is 0.337 e. The highest BCUT2D eigenvalue weighted by atomic mass is 32.2. The quantitative estimate of drug-likeness (QED) is 0.578. The van der Waals surface area contributed by atoms with Crippen molar-refractivity contribution in [2.75, 3.05) is 33.3 Å². The second-order valence-corrected chi connectivity index (χ2v) is 9.82. The van der Waals surface area contributed by atoms with E-state index >= 15 is 0 Å². The molecule has 1 fully saturated rings. The third kappa shape index (κ3) is 4.18. The van der Waals surface area contributed by atoms with Crippen molar-refractivity contribution in [3.8, 4) is 0 Å². The van der Waals surface area contributed by atoms with Crippen LogP contribution in [0.2, 0.25) is 0 Å². The number of methoxy groups -OCH3 is 1. The maximum atomic E-state index is 12.9. The van der Waals surface area contributed by atoms with E-state index in [9.17, 15) is 13.2 Å². The summed E-state index contributed by atoms with van der Waals surface area (Å²) >= 11 is 1.68. The van der Waals surface area contributed by atoms with Crippen molar-refractivity contribution >= 4 is 37.5 Å². The van der Waals surface area contributed by atoms with E-state index in [1.54, 1.807) is 11.3 Å². The number of aromatic nitrogens is 1. The van der Waals surface area contributed by atoms with Gasteiger partial charge in [-0.3, -0.25) is 4.90 Å². The minimum atomic E-state index is -3.59. The zero-order valence-electron chi connectivity index (χ0n) is 15.9. The molecular weight excluding hydrogens is 410 g/mol. The van der Waals surface area contributed by atoms with Crippen LogP contribution in [0.5, 0.6) is 0 Å². The number of carbonyl (C=O) groups excluding carboxylic acids is 1. The molecular formula is C20H21N3O4S2. The molecule has 0 saturated carbocycles. The van der Waals surface area contributed by atoms with Crippen molar-refractivity contribution < 1.29 is 17.9 Å². The monoisotopic (exact) mass is 431 g/mol. The lowest BCUT2D eigenvalue weighted by atomic mass is 10.2. The van der Waals surface area contributed by atoms with Crippen LogP contribution in [0, 0.1) is 0 Å². The van der Waals surface area contributed by atoms with E-state index in [2.05, 4.69) is 20.7 Å². The Morgan fingerprint density at radius 2 is 1.76 bits per heavy atom. The van der Waals surface area contributed by atoms with E-state index in [0.717, 1.165) is 17.1 Å². The van der Waals surface area contributed by atoms with Gasteiger partial charge in [0.2, 0.25) is 10.0 Å². The van der Waals surface area contributed by atoms with Gasteiger partial charge in [-0.1, -0.05) is 12.1 Å². The highest BCUT2D eigenvalue weighted by Crippen LogP contribution is 2.24. The Kier molecular flexibility index (Phi) is 5.64. The van der Waals surface area contributed by atoms with E-state index in [-0.39, 0.29) is 4.90 Å². The summed E-state index contributed by atoms with van der Waals surface area (Å²) in [5.74, 6) is -0.489. The minimum Gasteiger partial charge on any atom is -0.465 e. The summed E-state index contributed by atoms with van der Waals surface area (Å²) in [7, 11) is -2.29. The molecule has 0 radical (unpaired) electrons. The van der Waals surface area contributed by atoms with E-state index < -0.39 is 16.0 Å². The van der Waals surface area contributed by atoms with Gasteiger partial charge in [-0.25, -0.2) is 18.2 Å². The molecule has 0 atom stereocenters. The molecule has 9 heteroatoms. The molecule has 0 bridgehead atoms. The number of thiazole rings is 1. The van der Waals surface area contributed by atoms with Crippen molar-refractivity contribution in [2.45, 2.75) is 11.4 Å². The fraction of sp³-hybridized carbons (Fsp3) is 0.300. The van der Waals surface area contributed by atoms with Crippen LogP contribution in [-0.4, -0.2) is 61.9 Å². The lowest BCUT2D eigenvalue weighted by molar-refractivity contribution is 0.0600. The van der Waals surface area contributed by atoms with E-state index in [1.807, 2.05) is 18.2 Å². The van der Waals surface area contributed by atoms with E-state index in [1.165, 1.54) is 40.4 Å². The number of benzene rings is 2. The first kappa shape index (κ1) is 20.0. The molecule has 7 nitrogen and oxygen atoms in total. The summed E-state index contributed by atoms with van der Waals surface area (Å²) in [4.78, 5) is 18.6. The first-order valence-corrected chi connectivity index (χ1v) is 11.5. The average molecular weight is 432 g/mol. The summed E-state index contributed by atoms with van der Waals surface area (Å²) in [5, 5.41) is 1.04. The number of piperazine rings is 1. The van der Waals surface area contributed by atoms with Crippen LogP contribution in [0.1, 0.15) is 15.4 Å². The molecule has 4 rings (SSSR count). The van der Waals surface area contributed by atoms with Crippen molar-refractivity contribution in [2.24, 2.45) is 0 Å². The van der Waals surface area contributed by atoms with Gasteiger partial charge in [-0.2, -0.15) is 4.31 Å². The number of esters is 1. The van der Waals surface area contributed by atoms with Gasteiger partial charge < -0.3 is 4.74 Å². The predicted octanol–water partition coefficient (Wildman–Crippen LogP) is 2.59. The number of para-hydroxylation sites is 1. The van der Waals surface area contributed by atoms with E-state index in [4.69, 9.17) is 0 Å². The number of hydrogen-bond donors (Lipinski definition) is 0. The van der Waals surface area contributed by atoms with Crippen LogP contribution in [-0.2, 0) is 21.3 Å². The normalized spacial score (nSPS) is 16.2. The minimum absolute atomic E-state index is 0.185. The van der Waals surface area contributed by atoms with Crippen LogP contribution in [0.25, 0.3) is 10.2 Å². The fourth-order valence-corrected chi connectivity index (χ4v) is 5.77. The molecule has 2 heterocycles. The molecule has 29 heavy (non-hydrogen) atoms. The van der Waals surface area contributed by atoms with Gasteiger partial charge in [-0.15, -0.1) is 11.3 Å². The van der Waals surface area contributed by atoms with Gasteiger partial charge in [0.1, 0.15) is 5.01 Å². The second kappa shape index (κ2) is 8.19. The van der Waals surface area contributed by atoms with Gasteiger partial charge in [0.15, 0.2) is 0 Å². The van der Waals surface area contributed by atoms with Crippen molar-refractivity contribution in [1.82, 2.24) is 14.2 Å². The standard InChI is InChI=1S/C20H21N3O4S2/c1-27-20(24)15-6-8-16(9-7-15)29(25,26)23-12-10-22(11-13-23)14-19-21-17-4-2-3-5-18(17)28-19/h2-9H,10-14H2,1H3. The first-order valence-electron chi connectivity index (χ1n) is 9.23. The van der Waals surface area contributed by atoms with Gasteiger partial charge in [-0.05, 0) is 36.4 Å². The number of sulfonamides is 1. The number of carbonyl (C=O) groups is 1. The van der Waals surface area contributed by atoms with Crippen LogP contribution in [0.4, 0.5) is 0 Å². The molecule has 1 saturated heterocycles. The molecule has 1 aromatic heterocycles. The highest BCUT2D eigenvalue weighted by molar-refractivity contribution is 7.89. The Morgan fingerprint density at radius 1 is 1.07 bits per heavy atom. The Labute approximate surface area is 173 Å². The lowest BCUT2D eigenvalue weighted by Crippen LogP contribution is -2.48. The van der Waals surface area contributed by atoms with Crippen molar-refractivity contribution in [3.05, 3.63) is 59.1 Å². The second-order valence-electron chi connectivity index (χ2n) is 6.77. The smallest absolute Gasteiger partial charge is 0.337 e. The third-order valence-electron chi connectivity index (χ3n) is 4.94. The Bertz CT molecular complexity index is 1090. The zero-order chi connectivity index (χ0) is 20.4. The fourth-order valence-electron chi connectivity index (χ4n) is 3.34. The largest absolute Gasteiger partial charge is 0.465 e. The van der Waals surface area contributed by atoms with Gasteiger partial charge in [0, 0.05) is 26.2 Å². The molecule has 0 unspecified atom stereocenters. The van der Waals surface area contributed by atoms with Crippen LogP contribution in [0.15, 0.2) is 53.4 Å². The molecule has 0 aliphatic carbocycles. The highest BCUT2D eigenvalue weighted by Gasteiger charge is 2.29. The Hall–Kier alpha value is -2.33. The molecule has 3 aromatic rings. The maximum absolute atomic E-state index is 12.9. The van der Waals surface area contributed by atoms with Crippen molar-refractivity contribution in [3.63, 3.8) is 0 Å². The summed E-state index contributed by atoms with van der Waals surface area (Å²) in [6.07, 6.45) is 0. The van der Waals surface area contributed by atoms with E-state index in [0.29, 0.717) is 31.7 Å². The Morgan fingerprint density at radius 3 is 2.41 bits per heavy atom. The van der Waals surface area contributed by atoms with Gasteiger partial charge in [0.05, 0.1) is 34.3 Å². The summed E-state index contributed by atoms with van der Waals surface area (Å²) in [6, 6.07) is 13.9. The molecule has 2 aromatic carbocycles. The number of nitrogens with zero attached hydrogens (tertiary/aromatic N) is 3. The lowest BCUT2D eigenvalue weighted by Gasteiger charge is -2.33. The molecule has 0 amide bonds. The summed E-state index contributed by atoms with van der Waals surface area (Å²) < 4.78 is 33.1. The Balaban J connectivity index is 1.39. The van der Waals surface area contributed by atoms with Crippen LogP contribution < -0.4 is 0 Å². The molecule has 1 aliphatic heterocycles. The van der Waals surface area contributed by atoms with Crippen LogP contribution >= 0.6 is 11.3 Å². The predicted molar refractivity (Wildman–Crippen MR) is 111 cm³/mol. The van der Waals surface area contributed by atoms with Gasteiger partial charge in [0.25, 0.3) is 0 Å². The number of rotatable bonds is 5. The molecule has 0 N–H and O–H groups in total. The van der Waals surface area contributed by atoms with Gasteiger partial charge >= 0.3 is 5.97 Å². The third-order valence-corrected chi connectivity index (χ3v) is 7.88. The molecule has 1 aliphatic rings. The average Bonchev–Trinajstić information content (AvgIpc) is 3.16. The summed E-state index contributed by atoms with van der Waals surface area (Å²) in [5.41, 5.74) is 1.33. The zero-order valence-corrected chi connectivity index (χ0v) is 17.6. The number of hydrogen-bond acceptors (Lipinski definition) is 7. The topological polar surface area (TPSA) is 79.8 Å².